The normalized spacial score (nSPS) is 13.2. The third kappa shape index (κ3) is 2.88. The van der Waals surface area contributed by atoms with Crippen molar-refractivity contribution in [2.24, 2.45) is 0 Å². The number of carbonyl (C=O) groups excluding carboxylic acids is 1. The predicted octanol–water partition coefficient (Wildman–Crippen LogP) is 1.52. The highest BCUT2D eigenvalue weighted by Gasteiger charge is 2.27. The van der Waals surface area contributed by atoms with Crippen LogP contribution in [0.1, 0.15) is 43.9 Å². The van der Waals surface area contributed by atoms with Crippen molar-refractivity contribution in [3.8, 4) is 0 Å². The van der Waals surface area contributed by atoms with Crippen molar-refractivity contribution in [3.63, 3.8) is 0 Å². The zero-order valence-corrected chi connectivity index (χ0v) is 11.2. The maximum absolute atomic E-state index is 12.0. The molecule has 0 spiro atoms. The number of aliphatic carboxylic acids is 1. The third-order valence-corrected chi connectivity index (χ3v) is 2.73. The molecule has 6 nitrogen and oxygen atoms in total. The number of carboxylic acid groups (broad SMARTS) is 1. The lowest BCUT2D eigenvalue weighted by Crippen LogP contribution is -2.40. The van der Waals surface area contributed by atoms with Crippen molar-refractivity contribution >= 4 is 11.9 Å². The van der Waals surface area contributed by atoms with E-state index in [9.17, 15) is 9.59 Å². The van der Waals surface area contributed by atoms with Crippen LogP contribution in [-0.2, 0) is 10.2 Å². The van der Waals surface area contributed by atoms with Gasteiger partial charge in [-0.05, 0) is 6.92 Å². The van der Waals surface area contributed by atoms with Gasteiger partial charge in [0, 0.05) is 18.5 Å². The van der Waals surface area contributed by atoms with Gasteiger partial charge in [-0.2, -0.15) is 0 Å². The molecule has 0 bridgehead atoms. The number of amides is 1. The summed E-state index contributed by atoms with van der Waals surface area (Å²) >= 11 is 0. The van der Waals surface area contributed by atoms with Gasteiger partial charge in [-0.25, -0.2) is 4.79 Å². The first-order valence-corrected chi connectivity index (χ1v) is 5.61. The minimum absolute atomic E-state index is 0.121. The zero-order valence-electron chi connectivity index (χ0n) is 11.2. The molecular weight excluding hydrogens is 236 g/mol. The first-order chi connectivity index (χ1) is 8.14. The van der Waals surface area contributed by atoms with Crippen molar-refractivity contribution in [2.45, 2.75) is 39.2 Å². The molecule has 1 rings (SSSR count). The summed E-state index contributed by atoms with van der Waals surface area (Å²) in [4.78, 5) is 23.9. The van der Waals surface area contributed by atoms with Crippen molar-refractivity contribution in [2.75, 3.05) is 7.05 Å². The zero-order chi connectivity index (χ0) is 14.1. The van der Waals surface area contributed by atoms with Crippen molar-refractivity contribution in [3.05, 3.63) is 17.5 Å². The van der Waals surface area contributed by atoms with Crippen LogP contribution in [0.5, 0.6) is 0 Å². The molecule has 1 amide bonds. The molecule has 6 heteroatoms. The van der Waals surface area contributed by atoms with Crippen molar-refractivity contribution in [1.29, 1.82) is 0 Å². The highest BCUT2D eigenvalue weighted by Crippen LogP contribution is 2.23. The molecule has 0 aliphatic heterocycles. The summed E-state index contributed by atoms with van der Waals surface area (Å²) < 4.78 is 5.10. The standard InChI is InChI=1S/C12H18N2O4/c1-7(11(16)17)14(5)10(15)8-6-9(18-13-8)12(2,3)4/h6-7H,1-5H3,(H,16,17). The van der Waals surface area contributed by atoms with Crippen LogP contribution in [0.25, 0.3) is 0 Å². The third-order valence-electron chi connectivity index (χ3n) is 2.73. The highest BCUT2D eigenvalue weighted by atomic mass is 16.5. The Bertz CT molecular complexity index is 459. The minimum Gasteiger partial charge on any atom is -0.480 e. The van der Waals surface area contributed by atoms with E-state index in [0.29, 0.717) is 5.76 Å². The Hall–Kier alpha value is -1.85. The lowest BCUT2D eigenvalue weighted by molar-refractivity contribution is -0.141. The van der Waals surface area contributed by atoms with Gasteiger partial charge in [-0.1, -0.05) is 25.9 Å². The second-order valence-corrected chi connectivity index (χ2v) is 5.26. The van der Waals surface area contributed by atoms with E-state index in [1.54, 1.807) is 6.07 Å². The number of hydrogen-bond acceptors (Lipinski definition) is 4. The number of rotatable bonds is 3. The SMILES string of the molecule is CC(C(=O)O)N(C)C(=O)c1cc(C(C)(C)C)on1. The summed E-state index contributed by atoms with van der Waals surface area (Å²) in [5, 5.41) is 12.5. The molecule has 1 heterocycles. The smallest absolute Gasteiger partial charge is 0.326 e. The van der Waals surface area contributed by atoms with Crippen LogP contribution in [0.4, 0.5) is 0 Å². The number of likely N-dealkylation sites (N-methyl/N-ethyl adjacent to an activating group) is 1. The molecule has 0 aromatic carbocycles. The van der Waals surface area contributed by atoms with Gasteiger partial charge in [0.2, 0.25) is 0 Å². The summed E-state index contributed by atoms with van der Waals surface area (Å²) in [7, 11) is 1.42. The number of carboxylic acids is 1. The second-order valence-electron chi connectivity index (χ2n) is 5.26. The molecule has 0 radical (unpaired) electrons. The molecule has 1 N–H and O–H groups in total. The monoisotopic (exact) mass is 254 g/mol. The van der Waals surface area contributed by atoms with E-state index in [1.807, 2.05) is 20.8 Å². The average molecular weight is 254 g/mol. The quantitative estimate of drug-likeness (QED) is 0.884. The van der Waals surface area contributed by atoms with Gasteiger partial charge in [0.1, 0.15) is 11.8 Å². The molecule has 100 valence electrons. The molecule has 1 unspecified atom stereocenters. The van der Waals surface area contributed by atoms with Gasteiger partial charge in [0.05, 0.1) is 0 Å². The largest absolute Gasteiger partial charge is 0.480 e. The average Bonchev–Trinajstić information content (AvgIpc) is 2.74. The molecular formula is C12H18N2O4. The Morgan fingerprint density at radius 2 is 2.00 bits per heavy atom. The van der Waals surface area contributed by atoms with Crippen LogP contribution in [0.2, 0.25) is 0 Å². The van der Waals surface area contributed by atoms with Gasteiger partial charge in [0.25, 0.3) is 5.91 Å². The van der Waals surface area contributed by atoms with Gasteiger partial charge < -0.3 is 14.5 Å². The number of carbonyl (C=O) groups is 2. The predicted molar refractivity (Wildman–Crippen MR) is 64.4 cm³/mol. The summed E-state index contributed by atoms with van der Waals surface area (Å²) in [6.07, 6.45) is 0. The van der Waals surface area contributed by atoms with Crippen LogP contribution in [0, 0.1) is 0 Å². The van der Waals surface area contributed by atoms with Crippen LogP contribution in [-0.4, -0.2) is 40.1 Å². The van der Waals surface area contributed by atoms with Crippen LogP contribution in [0.15, 0.2) is 10.6 Å². The first-order valence-electron chi connectivity index (χ1n) is 5.61. The van der Waals surface area contributed by atoms with Crippen molar-refractivity contribution < 1.29 is 19.2 Å². The molecule has 18 heavy (non-hydrogen) atoms. The minimum atomic E-state index is -1.06. The van der Waals surface area contributed by atoms with E-state index >= 15 is 0 Å². The molecule has 0 saturated carbocycles. The van der Waals surface area contributed by atoms with E-state index in [1.165, 1.54) is 14.0 Å². The van der Waals surface area contributed by atoms with Crippen LogP contribution >= 0.6 is 0 Å². The van der Waals surface area contributed by atoms with Crippen LogP contribution < -0.4 is 0 Å². The summed E-state index contributed by atoms with van der Waals surface area (Å²) in [6, 6.07) is 0.639. The summed E-state index contributed by atoms with van der Waals surface area (Å²) in [5.41, 5.74) is -0.127. The number of aromatic nitrogens is 1. The first kappa shape index (κ1) is 14.2. The lowest BCUT2D eigenvalue weighted by atomic mass is 9.93. The van der Waals surface area contributed by atoms with E-state index in [0.717, 1.165) is 4.90 Å². The second kappa shape index (κ2) is 4.80. The van der Waals surface area contributed by atoms with Crippen molar-refractivity contribution in [1.82, 2.24) is 10.1 Å². The molecule has 1 aromatic rings. The van der Waals surface area contributed by atoms with Gasteiger partial charge in [-0.3, -0.25) is 4.79 Å². The maximum atomic E-state index is 12.0. The molecule has 0 fully saturated rings. The van der Waals surface area contributed by atoms with Gasteiger partial charge >= 0.3 is 5.97 Å². The Kier molecular flexibility index (Phi) is 3.79. The Labute approximate surface area is 106 Å². The summed E-state index contributed by atoms with van der Waals surface area (Å²) in [6.45, 7) is 7.24. The number of nitrogens with zero attached hydrogens (tertiary/aromatic N) is 2. The Balaban J connectivity index is 2.92. The maximum Gasteiger partial charge on any atom is 0.326 e. The Morgan fingerprint density at radius 3 is 2.39 bits per heavy atom. The van der Waals surface area contributed by atoms with Crippen LogP contribution in [0.3, 0.4) is 0 Å². The highest BCUT2D eigenvalue weighted by molar-refractivity contribution is 5.94. The van der Waals surface area contributed by atoms with E-state index < -0.39 is 17.9 Å². The molecule has 1 aromatic heterocycles. The molecule has 1 atom stereocenters. The van der Waals surface area contributed by atoms with E-state index in [2.05, 4.69) is 5.16 Å². The molecule has 0 aliphatic carbocycles. The molecule has 0 saturated heterocycles. The van der Waals surface area contributed by atoms with Gasteiger partial charge in [0.15, 0.2) is 5.69 Å². The van der Waals surface area contributed by atoms with E-state index in [-0.39, 0.29) is 11.1 Å². The topological polar surface area (TPSA) is 83.6 Å². The number of hydrogen-bond donors (Lipinski definition) is 1. The fourth-order valence-corrected chi connectivity index (χ4v) is 1.25. The Morgan fingerprint density at radius 1 is 1.44 bits per heavy atom. The lowest BCUT2D eigenvalue weighted by Gasteiger charge is -2.19. The molecule has 0 aliphatic rings. The summed E-state index contributed by atoms with van der Waals surface area (Å²) in [5.74, 6) is -0.947. The fourth-order valence-electron chi connectivity index (χ4n) is 1.25. The van der Waals surface area contributed by atoms with Gasteiger partial charge in [-0.15, -0.1) is 0 Å². The fraction of sp³-hybridized carbons (Fsp3) is 0.583. The van der Waals surface area contributed by atoms with E-state index in [4.69, 9.17) is 9.63 Å².